The van der Waals surface area contributed by atoms with Crippen LogP contribution in [0.2, 0.25) is 0 Å². The van der Waals surface area contributed by atoms with Crippen molar-refractivity contribution in [1.29, 1.82) is 0 Å². The van der Waals surface area contributed by atoms with Crippen LogP contribution in [0, 0.1) is 5.92 Å². The number of aliphatic hydroxyl groups excluding tert-OH is 1. The number of carbonyl (C=O) groups excluding carboxylic acids is 1. The molecule has 1 N–H and O–H groups in total. The van der Waals surface area contributed by atoms with Gasteiger partial charge in [0.25, 0.3) is 0 Å². The van der Waals surface area contributed by atoms with Gasteiger partial charge in [-0.05, 0) is 12.8 Å². The van der Waals surface area contributed by atoms with Gasteiger partial charge < -0.3 is 5.11 Å². The first-order valence-electron chi connectivity index (χ1n) is 5.88. The minimum Gasteiger partial charge on any atom is -0.392 e. The molecule has 0 bridgehead atoms. The highest BCUT2D eigenvalue weighted by Crippen LogP contribution is 2.17. The van der Waals surface area contributed by atoms with Gasteiger partial charge in [-0.3, -0.25) is 4.79 Å². The van der Waals surface area contributed by atoms with Gasteiger partial charge in [-0.25, -0.2) is 0 Å². The van der Waals surface area contributed by atoms with Crippen molar-refractivity contribution in [2.24, 2.45) is 5.92 Å². The van der Waals surface area contributed by atoms with Gasteiger partial charge in [-0.1, -0.05) is 40.0 Å². The maximum atomic E-state index is 11.5. The number of rotatable bonds is 8. The lowest BCUT2D eigenvalue weighted by atomic mass is 9.90. The van der Waals surface area contributed by atoms with Crippen LogP contribution < -0.4 is 0 Å². The summed E-state index contributed by atoms with van der Waals surface area (Å²) in [6, 6.07) is 0. The molecule has 0 aliphatic rings. The molecule has 0 aromatic heterocycles. The molecule has 0 amide bonds. The van der Waals surface area contributed by atoms with Crippen molar-refractivity contribution >= 4 is 5.78 Å². The Morgan fingerprint density at radius 3 is 2.29 bits per heavy atom. The Labute approximate surface area is 87.7 Å². The molecular weight excluding hydrogens is 176 g/mol. The molecule has 84 valence electrons. The minimum absolute atomic E-state index is 0.128. The zero-order valence-corrected chi connectivity index (χ0v) is 9.75. The van der Waals surface area contributed by atoms with Crippen LogP contribution in [0.4, 0.5) is 0 Å². The third-order valence-corrected chi connectivity index (χ3v) is 2.77. The second kappa shape index (κ2) is 7.98. The van der Waals surface area contributed by atoms with Gasteiger partial charge in [0.05, 0.1) is 6.10 Å². The molecule has 0 saturated heterocycles. The van der Waals surface area contributed by atoms with Gasteiger partial charge in [0, 0.05) is 12.3 Å². The highest BCUT2D eigenvalue weighted by Gasteiger charge is 2.22. The summed E-state index contributed by atoms with van der Waals surface area (Å²) in [6.07, 6.45) is 5.00. The first kappa shape index (κ1) is 13.6. The number of aliphatic hydroxyl groups is 1. The van der Waals surface area contributed by atoms with E-state index in [9.17, 15) is 9.90 Å². The van der Waals surface area contributed by atoms with E-state index in [1.807, 2.05) is 13.8 Å². The van der Waals surface area contributed by atoms with Crippen LogP contribution in [0.3, 0.4) is 0 Å². The van der Waals surface area contributed by atoms with E-state index in [2.05, 4.69) is 6.92 Å². The summed E-state index contributed by atoms with van der Waals surface area (Å²) in [5.41, 5.74) is 0. The number of hydrogen-bond donors (Lipinski definition) is 1. The quantitative estimate of drug-likeness (QED) is 0.612. The van der Waals surface area contributed by atoms with Crippen molar-refractivity contribution in [2.45, 2.75) is 65.4 Å². The van der Waals surface area contributed by atoms with Crippen LogP contribution in [-0.2, 0) is 4.79 Å². The monoisotopic (exact) mass is 200 g/mol. The highest BCUT2D eigenvalue weighted by molar-refractivity contribution is 5.81. The summed E-state index contributed by atoms with van der Waals surface area (Å²) in [4.78, 5) is 11.5. The summed E-state index contributed by atoms with van der Waals surface area (Å²) in [7, 11) is 0. The van der Waals surface area contributed by atoms with Crippen molar-refractivity contribution < 1.29 is 9.90 Å². The molecule has 14 heavy (non-hydrogen) atoms. The third-order valence-electron chi connectivity index (χ3n) is 2.77. The number of ketones is 1. The van der Waals surface area contributed by atoms with Crippen LogP contribution >= 0.6 is 0 Å². The molecule has 0 unspecified atom stereocenters. The molecule has 0 saturated carbocycles. The Morgan fingerprint density at radius 1 is 1.21 bits per heavy atom. The molecule has 0 spiro atoms. The molecule has 0 fully saturated rings. The molecule has 0 aromatic rings. The van der Waals surface area contributed by atoms with Crippen LogP contribution in [-0.4, -0.2) is 17.0 Å². The van der Waals surface area contributed by atoms with E-state index in [1.165, 1.54) is 0 Å². The van der Waals surface area contributed by atoms with Gasteiger partial charge in [0.15, 0.2) is 0 Å². The van der Waals surface area contributed by atoms with E-state index < -0.39 is 6.10 Å². The molecule has 2 heteroatoms. The predicted molar refractivity (Wildman–Crippen MR) is 59.2 cm³/mol. The topological polar surface area (TPSA) is 37.3 Å². The van der Waals surface area contributed by atoms with E-state index in [0.29, 0.717) is 6.42 Å². The van der Waals surface area contributed by atoms with Crippen molar-refractivity contribution in [3.63, 3.8) is 0 Å². The van der Waals surface area contributed by atoms with E-state index in [0.717, 1.165) is 32.1 Å². The number of unbranched alkanes of at least 4 members (excludes halogenated alkanes) is 2. The average Bonchev–Trinajstić information content (AvgIpc) is 2.19. The molecule has 0 aliphatic heterocycles. The molecular formula is C12H24O2. The predicted octanol–water partition coefficient (Wildman–Crippen LogP) is 2.93. The summed E-state index contributed by atoms with van der Waals surface area (Å²) < 4.78 is 0. The van der Waals surface area contributed by atoms with Gasteiger partial charge in [0.1, 0.15) is 5.78 Å². The van der Waals surface area contributed by atoms with Crippen LogP contribution in [0.1, 0.15) is 59.3 Å². The first-order chi connectivity index (χ1) is 6.67. The lowest BCUT2D eigenvalue weighted by Gasteiger charge is -2.19. The molecule has 0 radical (unpaired) electrons. The lowest BCUT2D eigenvalue weighted by Crippen LogP contribution is -2.27. The number of carbonyl (C=O) groups is 1. The van der Waals surface area contributed by atoms with E-state index in [1.54, 1.807) is 0 Å². The largest absolute Gasteiger partial charge is 0.392 e. The Balaban J connectivity index is 3.91. The van der Waals surface area contributed by atoms with Crippen LogP contribution in [0.15, 0.2) is 0 Å². The third kappa shape index (κ3) is 4.75. The van der Waals surface area contributed by atoms with Gasteiger partial charge >= 0.3 is 0 Å². The maximum absolute atomic E-state index is 11.5. The van der Waals surface area contributed by atoms with Crippen LogP contribution in [0.5, 0.6) is 0 Å². The summed E-state index contributed by atoms with van der Waals surface area (Å²) in [5, 5.41) is 9.82. The Morgan fingerprint density at radius 2 is 1.86 bits per heavy atom. The zero-order chi connectivity index (χ0) is 11.0. The molecule has 2 nitrogen and oxygen atoms in total. The van der Waals surface area contributed by atoms with Crippen molar-refractivity contribution in [3.8, 4) is 0 Å². The fourth-order valence-electron chi connectivity index (χ4n) is 1.78. The molecule has 0 aromatic carbocycles. The Kier molecular flexibility index (Phi) is 7.77. The van der Waals surface area contributed by atoms with Gasteiger partial charge in [-0.2, -0.15) is 0 Å². The van der Waals surface area contributed by atoms with E-state index >= 15 is 0 Å². The maximum Gasteiger partial charge on any atom is 0.138 e. The average molecular weight is 200 g/mol. The summed E-state index contributed by atoms with van der Waals surface area (Å²) in [6.45, 7) is 5.98. The normalized spacial score (nSPS) is 15.1. The van der Waals surface area contributed by atoms with Gasteiger partial charge in [-0.15, -0.1) is 0 Å². The van der Waals surface area contributed by atoms with E-state index in [-0.39, 0.29) is 11.7 Å². The lowest BCUT2D eigenvalue weighted by molar-refractivity contribution is -0.126. The van der Waals surface area contributed by atoms with Crippen LogP contribution in [0.25, 0.3) is 0 Å². The fraction of sp³-hybridized carbons (Fsp3) is 0.917. The first-order valence-corrected chi connectivity index (χ1v) is 5.88. The highest BCUT2D eigenvalue weighted by atomic mass is 16.3. The fourth-order valence-corrected chi connectivity index (χ4v) is 1.78. The molecule has 0 rings (SSSR count). The molecule has 2 atom stereocenters. The summed E-state index contributed by atoms with van der Waals surface area (Å²) in [5.74, 6) is 0.0772. The van der Waals surface area contributed by atoms with Gasteiger partial charge in [0.2, 0.25) is 0 Å². The SMILES string of the molecule is CCCCC[C@H](O)[C@@H](CC)C(=O)CC. The number of hydrogen-bond acceptors (Lipinski definition) is 2. The van der Waals surface area contributed by atoms with Crippen molar-refractivity contribution in [3.05, 3.63) is 0 Å². The minimum atomic E-state index is -0.418. The smallest absolute Gasteiger partial charge is 0.138 e. The second-order valence-corrected chi connectivity index (χ2v) is 3.90. The Bertz CT molecular complexity index is 154. The number of Topliss-reactive ketones (excluding diaryl/α,β-unsaturated/α-hetero) is 1. The molecule has 0 heterocycles. The standard InChI is InChI=1S/C12H24O2/c1-4-7-8-9-12(14)10(5-2)11(13)6-3/h10,12,14H,4-9H2,1-3H3/t10-,12-/m0/s1. The summed E-state index contributed by atoms with van der Waals surface area (Å²) >= 11 is 0. The van der Waals surface area contributed by atoms with E-state index in [4.69, 9.17) is 0 Å². The Hall–Kier alpha value is -0.370. The second-order valence-electron chi connectivity index (χ2n) is 3.90. The van der Waals surface area contributed by atoms with Crippen molar-refractivity contribution in [2.75, 3.05) is 0 Å². The zero-order valence-electron chi connectivity index (χ0n) is 9.75. The van der Waals surface area contributed by atoms with Crippen molar-refractivity contribution in [1.82, 2.24) is 0 Å². The molecule has 0 aliphatic carbocycles.